The molecule has 0 heterocycles. The molecule has 0 saturated carbocycles. The maximum Gasteiger partial charge on any atom is 0.242 e. The van der Waals surface area contributed by atoms with Crippen LogP contribution in [0.3, 0.4) is 0 Å². The third-order valence-electron chi connectivity index (χ3n) is 4.06. The van der Waals surface area contributed by atoms with Gasteiger partial charge in [0.05, 0.1) is 0 Å². The number of aryl methyl sites for hydroxylation is 1. The van der Waals surface area contributed by atoms with Crippen LogP contribution in [0.1, 0.15) is 26.3 Å². The minimum absolute atomic E-state index is 0.250. The number of amides is 2. The van der Waals surface area contributed by atoms with E-state index < -0.39 is 5.41 Å². The summed E-state index contributed by atoms with van der Waals surface area (Å²) in [5.41, 5.74) is 1.19. The molecule has 0 fully saturated rings. The molecule has 0 atom stereocenters. The maximum atomic E-state index is 13.0. The summed E-state index contributed by atoms with van der Waals surface area (Å²) in [6.07, 6.45) is 0. The Bertz CT molecular complexity index is 787. The van der Waals surface area contributed by atoms with Crippen LogP contribution >= 0.6 is 11.6 Å². The average molecular weight is 359 g/mol. The number of rotatable bonds is 5. The molecule has 1 N–H and O–H groups in total. The Morgan fingerprint density at radius 1 is 1.12 bits per heavy atom. The van der Waals surface area contributed by atoms with Crippen LogP contribution in [0.2, 0.25) is 5.02 Å². The minimum Gasteiger partial charge on any atom is -0.325 e. The molecule has 0 radical (unpaired) electrons. The predicted molar refractivity (Wildman–Crippen MR) is 103 cm³/mol. The largest absolute Gasteiger partial charge is 0.325 e. The molecule has 0 aromatic heterocycles. The van der Waals surface area contributed by atoms with Gasteiger partial charge in [0.1, 0.15) is 5.41 Å². The maximum absolute atomic E-state index is 13.0. The fourth-order valence-corrected chi connectivity index (χ4v) is 2.72. The second-order valence-electron chi connectivity index (χ2n) is 6.48. The monoisotopic (exact) mass is 358 g/mol. The summed E-state index contributed by atoms with van der Waals surface area (Å²) in [4.78, 5) is 27.4. The van der Waals surface area contributed by atoms with E-state index in [-0.39, 0.29) is 11.8 Å². The molecule has 0 saturated heterocycles. The van der Waals surface area contributed by atoms with E-state index in [1.165, 1.54) is 0 Å². The first-order valence-corrected chi connectivity index (χ1v) is 8.59. The Balaban J connectivity index is 2.23. The summed E-state index contributed by atoms with van der Waals surface area (Å²) < 4.78 is 0. The van der Waals surface area contributed by atoms with Gasteiger partial charge in [0.15, 0.2) is 0 Å². The third-order valence-corrected chi connectivity index (χ3v) is 4.29. The molecule has 132 valence electrons. The lowest BCUT2D eigenvalue weighted by molar-refractivity contribution is -0.136. The molecule has 2 aromatic carbocycles. The lowest BCUT2D eigenvalue weighted by Gasteiger charge is -2.30. The Kier molecular flexibility index (Phi) is 5.85. The fourth-order valence-electron chi connectivity index (χ4n) is 2.53. The minimum atomic E-state index is -1.22. The molecule has 0 unspecified atom stereocenters. The van der Waals surface area contributed by atoms with Crippen molar-refractivity contribution in [3.8, 4) is 0 Å². The summed E-state index contributed by atoms with van der Waals surface area (Å²) >= 11 is 5.95. The molecular formula is C20H23ClN2O2. The molecule has 0 aliphatic rings. The highest BCUT2D eigenvalue weighted by molar-refractivity contribution is 6.31. The summed E-state index contributed by atoms with van der Waals surface area (Å²) in [5, 5.41) is 3.30. The van der Waals surface area contributed by atoms with Crippen LogP contribution in [-0.2, 0) is 9.59 Å². The number of carbonyl (C=O) groups excluding carboxylic acids is 2. The molecule has 2 amide bonds. The van der Waals surface area contributed by atoms with Crippen molar-refractivity contribution in [2.45, 2.75) is 27.7 Å². The van der Waals surface area contributed by atoms with Crippen LogP contribution < -0.4 is 10.2 Å². The first-order valence-electron chi connectivity index (χ1n) is 8.21. The van der Waals surface area contributed by atoms with E-state index >= 15 is 0 Å². The number of hydrogen-bond acceptors (Lipinski definition) is 2. The Morgan fingerprint density at radius 2 is 1.80 bits per heavy atom. The van der Waals surface area contributed by atoms with Gasteiger partial charge in [-0.05, 0) is 63.6 Å². The Labute approximate surface area is 153 Å². The average Bonchev–Trinajstić information content (AvgIpc) is 2.55. The van der Waals surface area contributed by atoms with Crippen molar-refractivity contribution in [1.82, 2.24) is 0 Å². The first kappa shape index (κ1) is 19.0. The zero-order valence-corrected chi connectivity index (χ0v) is 15.7. The molecule has 2 rings (SSSR count). The predicted octanol–water partition coefficient (Wildman–Crippen LogP) is 4.67. The van der Waals surface area contributed by atoms with Gasteiger partial charge in [-0.25, -0.2) is 0 Å². The van der Waals surface area contributed by atoms with Gasteiger partial charge >= 0.3 is 0 Å². The first-order chi connectivity index (χ1) is 11.8. The molecular weight excluding hydrogens is 336 g/mol. The molecule has 2 aromatic rings. The van der Waals surface area contributed by atoms with Crippen LogP contribution in [0.25, 0.3) is 0 Å². The van der Waals surface area contributed by atoms with E-state index in [0.29, 0.717) is 17.3 Å². The number of nitrogens with zero attached hydrogens (tertiary/aromatic N) is 1. The molecule has 0 spiro atoms. The number of carbonyl (C=O) groups is 2. The zero-order valence-electron chi connectivity index (χ0n) is 15.0. The second-order valence-corrected chi connectivity index (χ2v) is 6.91. The van der Waals surface area contributed by atoms with Crippen molar-refractivity contribution in [1.29, 1.82) is 0 Å². The molecule has 5 heteroatoms. The summed E-state index contributed by atoms with van der Waals surface area (Å²) in [5.74, 6) is -0.619. The van der Waals surface area contributed by atoms with Gasteiger partial charge in [-0.2, -0.15) is 0 Å². The van der Waals surface area contributed by atoms with Crippen LogP contribution in [-0.4, -0.2) is 18.4 Å². The summed E-state index contributed by atoms with van der Waals surface area (Å²) in [7, 11) is 0. The number of benzene rings is 2. The number of nitrogens with one attached hydrogen (secondary N) is 1. The molecule has 0 aliphatic heterocycles. The lowest BCUT2D eigenvalue weighted by atomic mass is 9.89. The zero-order chi connectivity index (χ0) is 18.6. The van der Waals surface area contributed by atoms with Gasteiger partial charge in [-0.3, -0.25) is 9.59 Å². The molecule has 0 bridgehead atoms. The van der Waals surface area contributed by atoms with Gasteiger partial charge in [0.2, 0.25) is 11.8 Å². The van der Waals surface area contributed by atoms with E-state index in [1.807, 2.05) is 38.1 Å². The highest BCUT2D eigenvalue weighted by Gasteiger charge is 2.39. The van der Waals surface area contributed by atoms with Crippen LogP contribution in [0.4, 0.5) is 11.4 Å². The van der Waals surface area contributed by atoms with Crippen molar-refractivity contribution >= 4 is 34.8 Å². The van der Waals surface area contributed by atoms with Crippen molar-refractivity contribution in [2.24, 2.45) is 5.41 Å². The number of halogens is 1. The quantitative estimate of drug-likeness (QED) is 0.790. The summed E-state index contributed by atoms with van der Waals surface area (Å²) in [6, 6.07) is 14.5. The Morgan fingerprint density at radius 3 is 2.40 bits per heavy atom. The number of anilines is 2. The smallest absolute Gasteiger partial charge is 0.242 e. The summed E-state index contributed by atoms with van der Waals surface area (Å²) in [6.45, 7) is 7.61. The van der Waals surface area contributed by atoms with Gasteiger partial charge in [-0.15, -0.1) is 0 Å². The van der Waals surface area contributed by atoms with E-state index in [1.54, 1.807) is 43.0 Å². The van der Waals surface area contributed by atoms with E-state index in [4.69, 9.17) is 11.6 Å². The SMILES string of the molecule is CCN(C(=O)C(C)(C)C(=O)Nc1cccc(Cl)c1)c1cccc(C)c1. The van der Waals surface area contributed by atoms with Crippen molar-refractivity contribution in [3.63, 3.8) is 0 Å². The highest BCUT2D eigenvalue weighted by atomic mass is 35.5. The Hall–Kier alpha value is -2.33. The topological polar surface area (TPSA) is 49.4 Å². The van der Waals surface area contributed by atoms with Crippen LogP contribution in [0, 0.1) is 12.3 Å². The number of hydrogen-bond donors (Lipinski definition) is 1. The van der Waals surface area contributed by atoms with Crippen molar-refractivity contribution in [2.75, 3.05) is 16.8 Å². The van der Waals surface area contributed by atoms with E-state index in [2.05, 4.69) is 5.32 Å². The standard InChI is InChI=1S/C20H23ClN2O2/c1-5-23(17-11-6-8-14(2)12-17)19(25)20(3,4)18(24)22-16-10-7-9-15(21)13-16/h6-13H,5H2,1-4H3,(H,22,24). The van der Waals surface area contributed by atoms with Crippen molar-refractivity contribution in [3.05, 3.63) is 59.1 Å². The fraction of sp³-hybridized carbons (Fsp3) is 0.300. The van der Waals surface area contributed by atoms with Gasteiger partial charge < -0.3 is 10.2 Å². The molecule has 0 aliphatic carbocycles. The van der Waals surface area contributed by atoms with Gasteiger partial charge in [-0.1, -0.05) is 29.8 Å². The lowest BCUT2D eigenvalue weighted by Crippen LogP contribution is -2.47. The second kappa shape index (κ2) is 7.70. The van der Waals surface area contributed by atoms with Crippen LogP contribution in [0.15, 0.2) is 48.5 Å². The molecule has 25 heavy (non-hydrogen) atoms. The van der Waals surface area contributed by atoms with E-state index in [9.17, 15) is 9.59 Å². The third kappa shape index (κ3) is 4.40. The van der Waals surface area contributed by atoms with Crippen molar-refractivity contribution < 1.29 is 9.59 Å². The van der Waals surface area contributed by atoms with E-state index in [0.717, 1.165) is 11.3 Å². The molecule has 4 nitrogen and oxygen atoms in total. The van der Waals surface area contributed by atoms with Gasteiger partial charge in [0.25, 0.3) is 0 Å². The van der Waals surface area contributed by atoms with Gasteiger partial charge in [0, 0.05) is 22.9 Å². The van der Waals surface area contributed by atoms with Crippen LogP contribution in [0.5, 0.6) is 0 Å². The highest BCUT2D eigenvalue weighted by Crippen LogP contribution is 2.26. The normalized spacial score (nSPS) is 11.1.